The molecule has 1 heterocycles. The third-order valence-corrected chi connectivity index (χ3v) is 5.70. The van der Waals surface area contributed by atoms with E-state index in [1.54, 1.807) is 0 Å². The number of rotatable bonds is 8. The number of nitrogens with zero attached hydrogens (tertiary/aromatic N) is 1. The number of benzene rings is 2. The summed E-state index contributed by atoms with van der Waals surface area (Å²) in [4.78, 5) is 2.43. The zero-order chi connectivity index (χ0) is 19.1. The van der Waals surface area contributed by atoms with Gasteiger partial charge < -0.3 is 9.84 Å². The third-order valence-electron chi connectivity index (χ3n) is 5.70. The van der Waals surface area contributed by atoms with Crippen LogP contribution in [0.5, 0.6) is 0 Å². The molecular weight excluding hydrogens is 334 g/mol. The van der Waals surface area contributed by atoms with Gasteiger partial charge in [0.05, 0.1) is 18.8 Å². The van der Waals surface area contributed by atoms with Gasteiger partial charge in [0.2, 0.25) is 0 Å². The maximum atomic E-state index is 12.1. The fourth-order valence-electron chi connectivity index (χ4n) is 4.01. The zero-order valence-corrected chi connectivity index (χ0v) is 16.7. The van der Waals surface area contributed by atoms with Gasteiger partial charge in [0, 0.05) is 25.6 Å². The van der Waals surface area contributed by atoms with Crippen molar-refractivity contribution in [2.45, 2.75) is 38.2 Å². The van der Waals surface area contributed by atoms with E-state index in [0.29, 0.717) is 5.92 Å². The molecule has 146 valence electrons. The van der Waals surface area contributed by atoms with Crippen molar-refractivity contribution >= 4 is 0 Å². The first-order chi connectivity index (χ1) is 13.1. The van der Waals surface area contributed by atoms with Crippen molar-refractivity contribution in [1.82, 2.24) is 4.90 Å². The van der Waals surface area contributed by atoms with Crippen LogP contribution in [-0.2, 0) is 10.3 Å². The maximum Gasteiger partial charge on any atom is 0.0977 e. The van der Waals surface area contributed by atoms with E-state index in [1.807, 2.05) is 24.3 Å². The van der Waals surface area contributed by atoms with Crippen LogP contribution in [0.2, 0.25) is 0 Å². The van der Waals surface area contributed by atoms with Crippen LogP contribution in [0.25, 0.3) is 0 Å². The highest BCUT2D eigenvalue weighted by atomic mass is 16.5. The second-order valence-electron chi connectivity index (χ2n) is 8.10. The monoisotopic (exact) mass is 367 g/mol. The Balaban J connectivity index is 1.98. The predicted octanol–water partition coefficient (Wildman–Crippen LogP) is 4.43. The minimum atomic E-state index is -0.884. The molecule has 0 saturated carbocycles. The van der Waals surface area contributed by atoms with Gasteiger partial charge in [-0.2, -0.15) is 0 Å². The van der Waals surface area contributed by atoms with E-state index in [0.717, 1.165) is 51.3 Å². The van der Waals surface area contributed by atoms with E-state index in [-0.39, 0.29) is 5.92 Å². The van der Waals surface area contributed by atoms with Gasteiger partial charge in [0.25, 0.3) is 0 Å². The highest BCUT2D eigenvalue weighted by Gasteiger charge is 2.40. The van der Waals surface area contributed by atoms with Crippen molar-refractivity contribution in [1.29, 1.82) is 0 Å². The predicted molar refractivity (Wildman–Crippen MR) is 111 cm³/mol. The first kappa shape index (κ1) is 20.1. The molecule has 3 rings (SSSR count). The highest BCUT2D eigenvalue weighted by Crippen LogP contribution is 2.42. The molecule has 1 aliphatic rings. The number of aliphatic hydroxyl groups is 1. The quantitative estimate of drug-likeness (QED) is 0.749. The third kappa shape index (κ3) is 5.19. The molecule has 27 heavy (non-hydrogen) atoms. The van der Waals surface area contributed by atoms with Gasteiger partial charge in [-0.15, -0.1) is 0 Å². The van der Waals surface area contributed by atoms with Crippen LogP contribution in [0, 0.1) is 5.92 Å². The molecule has 1 aliphatic heterocycles. The van der Waals surface area contributed by atoms with Crippen LogP contribution >= 0.6 is 0 Å². The van der Waals surface area contributed by atoms with Crippen molar-refractivity contribution in [3.63, 3.8) is 0 Å². The largest absolute Gasteiger partial charge is 0.384 e. The first-order valence-electron chi connectivity index (χ1n) is 10.2. The second kappa shape index (κ2) is 9.50. The van der Waals surface area contributed by atoms with Gasteiger partial charge in [0.1, 0.15) is 0 Å². The molecular formula is C24H33NO2. The van der Waals surface area contributed by atoms with Gasteiger partial charge in [-0.25, -0.2) is 0 Å². The zero-order valence-electron chi connectivity index (χ0n) is 16.7. The summed E-state index contributed by atoms with van der Waals surface area (Å²) >= 11 is 0. The molecule has 3 heteroatoms. The van der Waals surface area contributed by atoms with Gasteiger partial charge in [-0.1, -0.05) is 74.5 Å². The molecule has 1 fully saturated rings. The van der Waals surface area contributed by atoms with Crippen LogP contribution in [0.3, 0.4) is 0 Å². The van der Waals surface area contributed by atoms with Crippen molar-refractivity contribution in [3.05, 3.63) is 71.8 Å². The molecule has 2 atom stereocenters. The van der Waals surface area contributed by atoms with Crippen molar-refractivity contribution in [2.75, 3.05) is 32.8 Å². The second-order valence-corrected chi connectivity index (χ2v) is 8.10. The average molecular weight is 368 g/mol. The Bertz CT molecular complexity index is 667. The van der Waals surface area contributed by atoms with E-state index < -0.39 is 5.60 Å². The van der Waals surface area contributed by atoms with Crippen LogP contribution < -0.4 is 0 Å². The Morgan fingerprint density at radius 1 is 0.963 bits per heavy atom. The molecule has 0 bridgehead atoms. The summed E-state index contributed by atoms with van der Waals surface area (Å²) in [6.07, 6.45) is 1.76. The summed E-state index contributed by atoms with van der Waals surface area (Å²) in [5.74, 6) is 0.581. The first-order valence-corrected chi connectivity index (χ1v) is 10.2. The Hall–Kier alpha value is -1.68. The number of hydrogen-bond acceptors (Lipinski definition) is 3. The van der Waals surface area contributed by atoms with Crippen LogP contribution in [0.1, 0.15) is 43.7 Å². The van der Waals surface area contributed by atoms with Crippen LogP contribution in [0.15, 0.2) is 60.7 Å². The lowest BCUT2D eigenvalue weighted by molar-refractivity contribution is -0.0311. The molecule has 2 aromatic rings. The van der Waals surface area contributed by atoms with Gasteiger partial charge in [-0.3, -0.25) is 4.90 Å². The average Bonchev–Trinajstić information content (AvgIpc) is 2.72. The molecule has 1 saturated heterocycles. The highest BCUT2D eigenvalue weighted by molar-refractivity contribution is 5.32. The smallest absolute Gasteiger partial charge is 0.0977 e. The lowest BCUT2D eigenvalue weighted by atomic mass is 9.73. The SMILES string of the molecule is CC(C)CC[C@@](O)(c1ccccc1)[C@@H](CN1CCOCC1)c1ccccc1. The Morgan fingerprint density at radius 2 is 1.56 bits per heavy atom. The van der Waals surface area contributed by atoms with Crippen molar-refractivity contribution in [3.8, 4) is 0 Å². The number of morpholine rings is 1. The van der Waals surface area contributed by atoms with Crippen LogP contribution in [-0.4, -0.2) is 42.9 Å². The van der Waals surface area contributed by atoms with E-state index in [2.05, 4.69) is 55.1 Å². The lowest BCUT2D eigenvalue weighted by Crippen LogP contribution is -2.45. The molecule has 1 N–H and O–H groups in total. The summed E-state index contributed by atoms with van der Waals surface area (Å²) in [6.45, 7) is 8.71. The normalized spacial score (nSPS) is 19.0. The fourth-order valence-corrected chi connectivity index (χ4v) is 4.01. The summed E-state index contributed by atoms with van der Waals surface area (Å²) < 4.78 is 5.53. The maximum absolute atomic E-state index is 12.1. The van der Waals surface area contributed by atoms with Crippen molar-refractivity contribution in [2.24, 2.45) is 5.92 Å². The minimum Gasteiger partial charge on any atom is -0.384 e. The fraction of sp³-hybridized carbons (Fsp3) is 0.500. The molecule has 0 aliphatic carbocycles. The topological polar surface area (TPSA) is 32.7 Å². The standard InChI is InChI=1S/C24H33NO2/c1-20(2)13-14-24(26,22-11-7-4-8-12-22)23(21-9-5-3-6-10-21)19-25-15-17-27-18-16-25/h3-12,20,23,26H,13-19H2,1-2H3/t23-,24+/m0/s1. The summed E-state index contributed by atoms with van der Waals surface area (Å²) in [5.41, 5.74) is 1.34. The van der Waals surface area contributed by atoms with E-state index in [1.165, 1.54) is 5.56 Å². The molecule has 0 unspecified atom stereocenters. The Labute approximate surface area is 164 Å². The van der Waals surface area contributed by atoms with E-state index in [4.69, 9.17) is 4.74 Å². The summed E-state index contributed by atoms with van der Waals surface area (Å²) in [7, 11) is 0. The summed E-state index contributed by atoms with van der Waals surface area (Å²) in [5, 5.41) is 12.1. The number of hydrogen-bond donors (Lipinski definition) is 1. The van der Waals surface area contributed by atoms with E-state index >= 15 is 0 Å². The summed E-state index contributed by atoms with van der Waals surface area (Å²) in [6, 6.07) is 20.8. The van der Waals surface area contributed by atoms with Gasteiger partial charge in [-0.05, 0) is 29.9 Å². The molecule has 3 nitrogen and oxygen atoms in total. The molecule has 0 spiro atoms. The molecule has 0 amide bonds. The van der Waals surface area contributed by atoms with Gasteiger partial charge in [0.15, 0.2) is 0 Å². The van der Waals surface area contributed by atoms with Crippen molar-refractivity contribution < 1.29 is 9.84 Å². The number of ether oxygens (including phenoxy) is 1. The molecule has 0 radical (unpaired) electrons. The minimum absolute atomic E-state index is 0.0259. The van der Waals surface area contributed by atoms with Gasteiger partial charge >= 0.3 is 0 Å². The molecule has 0 aromatic heterocycles. The Kier molecular flexibility index (Phi) is 7.06. The Morgan fingerprint density at radius 3 is 2.15 bits per heavy atom. The van der Waals surface area contributed by atoms with Crippen LogP contribution in [0.4, 0.5) is 0 Å². The molecule has 2 aromatic carbocycles. The van der Waals surface area contributed by atoms with E-state index in [9.17, 15) is 5.11 Å². The lowest BCUT2D eigenvalue weighted by Gasteiger charge is -2.41.